The van der Waals surface area contributed by atoms with Crippen LogP contribution in [0.5, 0.6) is 0 Å². The Morgan fingerprint density at radius 2 is 2.33 bits per heavy atom. The lowest BCUT2D eigenvalue weighted by atomic mass is 10.1. The molecule has 0 spiro atoms. The molecular formula is C13H15BrClNO2. The molecule has 98 valence electrons. The van der Waals surface area contributed by atoms with E-state index in [0.717, 1.165) is 30.3 Å². The number of halogens is 2. The van der Waals surface area contributed by atoms with Crippen molar-refractivity contribution >= 4 is 39.1 Å². The van der Waals surface area contributed by atoms with Gasteiger partial charge in [0.15, 0.2) is 0 Å². The molecule has 1 fully saturated rings. The Morgan fingerprint density at radius 3 is 3.06 bits per heavy atom. The van der Waals surface area contributed by atoms with Crippen LogP contribution in [-0.4, -0.2) is 18.6 Å². The van der Waals surface area contributed by atoms with Crippen molar-refractivity contribution in [2.24, 2.45) is 0 Å². The number of ether oxygens (including phenoxy) is 1. The largest absolute Gasteiger partial charge is 0.378 e. The predicted octanol–water partition coefficient (Wildman–Crippen LogP) is 4.00. The van der Waals surface area contributed by atoms with Crippen LogP contribution in [0.25, 0.3) is 0 Å². The smallest absolute Gasteiger partial charge is 0.227 e. The molecule has 1 aliphatic heterocycles. The van der Waals surface area contributed by atoms with Gasteiger partial charge in [-0.1, -0.05) is 27.5 Å². The van der Waals surface area contributed by atoms with Gasteiger partial charge in [0.2, 0.25) is 5.91 Å². The molecule has 1 aliphatic rings. The third-order valence-electron chi connectivity index (χ3n) is 2.89. The highest BCUT2D eigenvalue weighted by atomic mass is 79.9. The Kier molecular flexibility index (Phi) is 5.03. The summed E-state index contributed by atoms with van der Waals surface area (Å²) in [5.74, 6) is -0.0538. The third-order valence-corrected chi connectivity index (χ3v) is 3.71. The van der Waals surface area contributed by atoms with Gasteiger partial charge in [0.1, 0.15) is 0 Å². The number of benzene rings is 1. The minimum atomic E-state index is -0.0538. The summed E-state index contributed by atoms with van der Waals surface area (Å²) in [4.78, 5) is 11.9. The van der Waals surface area contributed by atoms with E-state index in [1.54, 1.807) is 12.1 Å². The second-order valence-corrected chi connectivity index (χ2v) is 5.69. The van der Waals surface area contributed by atoms with Gasteiger partial charge in [0.05, 0.1) is 23.2 Å². The molecule has 3 nitrogen and oxygen atoms in total. The van der Waals surface area contributed by atoms with Gasteiger partial charge in [-0.3, -0.25) is 4.79 Å². The van der Waals surface area contributed by atoms with Crippen LogP contribution in [-0.2, 0) is 9.53 Å². The average Bonchev–Trinajstić information content (AvgIpc) is 2.35. The number of hydrogen-bond acceptors (Lipinski definition) is 2. The molecule has 1 aromatic rings. The minimum absolute atomic E-state index is 0.0460. The molecule has 2 rings (SSSR count). The van der Waals surface area contributed by atoms with E-state index in [2.05, 4.69) is 21.2 Å². The number of carbonyl (C=O) groups is 1. The van der Waals surface area contributed by atoms with Crippen molar-refractivity contribution in [1.82, 2.24) is 0 Å². The fraction of sp³-hybridized carbons (Fsp3) is 0.462. The van der Waals surface area contributed by atoms with Crippen LogP contribution >= 0.6 is 27.5 Å². The van der Waals surface area contributed by atoms with Crippen molar-refractivity contribution in [2.75, 3.05) is 11.9 Å². The lowest BCUT2D eigenvalue weighted by molar-refractivity contribution is -0.119. The molecule has 1 heterocycles. The Labute approximate surface area is 120 Å². The average molecular weight is 333 g/mol. The lowest BCUT2D eigenvalue weighted by Gasteiger charge is -2.22. The van der Waals surface area contributed by atoms with Gasteiger partial charge in [-0.25, -0.2) is 0 Å². The number of anilines is 1. The maximum Gasteiger partial charge on any atom is 0.227 e. The zero-order valence-corrected chi connectivity index (χ0v) is 12.3. The molecule has 0 bridgehead atoms. The molecule has 1 saturated heterocycles. The molecule has 0 radical (unpaired) electrons. The summed E-state index contributed by atoms with van der Waals surface area (Å²) >= 11 is 9.37. The minimum Gasteiger partial charge on any atom is -0.378 e. The second kappa shape index (κ2) is 6.55. The highest BCUT2D eigenvalue weighted by molar-refractivity contribution is 9.10. The van der Waals surface area contributed by atoms with E-state index < -0.39 is 0 Å². The summed E-state index contributed by atoms with van der Waals surface area (Å²) in [5, 5.41) is 3.36. The van der Waals surface area contributed by atoms with E-state index in [0.29, 0.717) is 17.1 Å². The van der Waals surface area contributed by atoms with Gasteiger partial charge >= 0.3 is 0 Å². The monoisotopic (exact) mass is 331 g/mol. The van der Waals surface area contributed by atoms with Gasteiger partial charge in [-0.15, -0.1) is 0 Å². The van der Waals surface area contributed by atoms with Gasteiger partial charge in [0.25, 0.3) is 0 Å². The quantitative estimate of drug-likeness (QED) is 0.908. The van der Waals surface area contributed by atoms with Crippen LogP contribution in [0.3, 0.4) is 0 Å². The molecule has 1 aromatic carbocycles. The van der Waals surface area contributed by atoms with Crippen LogP contribution < -0.4 is 5.32 Å². The van der Waals surface area contributed by atoms with Crippen molar-refractivity contribution in [3.8, 4) is 0 Å². The molecule has 5 heteroatoms. The van der Waals surface area contributed by atoms with E-state index in [-0.39, 0.29) is 12.0 Å². The maximum absolute atomic E-state index is 11.9. The molecule has 1 atom stereocenters. The Morgan fingerprint density at radius 1 is 1.50 bits per heavy atom. The molecule has 1 unspecified atom stereocenters. The molecule has 18 heavy (non-hydrogen) atoms. The van der Waals surface area contributed by atoms with E-state index in [1.165, 1.54) is 0 Å². The first-order valence-electron chi connectivity index (χ1n) is 6.01. The molecule has 0 aromatic heterocycles. The van der Waals surface area contributed by atoms with Crippen molar-refractivity contribution in [3.05, 3.63) is 27.7 Å². The number of carbonyl (C=O) groups excluding carboxylic acids is 1. The lowest BCUT2D eigenvalue weighted by Crippen LogP contribution is -2.25. The highest BCUT2D eigenvalue weighted by Gasteiger charge is 2.18. The van der Waals surface area contributed by atoms with Crippen molar-refractivity contribution < 1.29 is 9.53 Å². The number of rotatable bonds is 3. The Bertz CT molecular complexity index is 433. The van der Waals surface area contributed by atoms with E-state index in [1.807, 2.05) is 6.07 Å². The van der Waals surface area contributed by atoms with E-state index >= 15 is 0 Å². The summed E-state index contributed by atoms with van der Waals surface area (Å²) in [5.41, 5.74) is 0.631. The topological polar surface area (TPSA) is 38.3 Å². The fourth-order valence-corrected chi connectivity index (χ4v) is 2.50. The van der Waals surface area contributed by atoms with Crippen LogP contribution in [0.1, 0.15) is 25.7 Å². The van der Waals surface area contributed by atoms with Crippen LogP contribution in [0.4, 0.5) is 5.69 Å². The number of amides is 1. The van der Waals surface area contributed by atoms with Gasteiger partial charge in [-0.2, -0.15) is 0 Å². The van der Waals surface area contributed by atoms with Crippen LogP contribution in [0.15, 0.2) is 22.7 Å². The second-order valence-electron chi connectivity index (χ2n) is 4.37. The zero-order valence-electron chi connectivity index (χ0n) is 9.92. The first kappa shape index (κ1) is 13.8. The van der Waals surface area contributed by atoms with Crippen LogP contribution in [0.2, 0.25) is 5.02 Å². The van der Waals surface area contributed by atoms with E-state index in [9.17, 15) is 4.79 Å². The molecular weight excluding hydrogens is 318 g/mol. The molecule has 1 amide bonds. The van der Waals surface area contributed by atoms with E-state index in [4.69, 9.17) is 16.3 Å². The Hall–Kier alpha value is -0.580. The molecule has 1 N–H and O–H groups in total. The third kappa shape index (κ3) is 3.97. The summed E-state index contributed by atoms with van der Waals surface area (Å²) in [7, 11) is 0. The SMILES string of the molecule is O=C(CC1CCCCO1)Nc1cc(Br)ccc1Cl. The molecule has 0 saturated carbocycles. The van der Waals surface area contributed by atoms with Gasteiger partial charge in [0, 0.05) is 11.1 Å². The standard InChI is InChI=1S/C13H15BrClNO2/c14-9-4-5-11(15)12(7-9)16-13(17)8-10-3-1-2-6-18-10/h4-5,7,10H,1-3,6,8H2,(H,16,17). The zero-order chi connectivity index (χ0) is 13.0. The summed E-state index contributed by atoms with van der Waals surface area (Å²) < 4.78 is 6.42. The van der Waals surface area contributed by atoms with Gasteiger partial charge < -0.3 is 10.1 Å². The van der Waals surface area contributed by atoms with Gasteiger partial charge in [-0.05, 0) is 37.5 Å². The summed E-state index contributed by atoms with van der Waals surface area (Å²) in [6.45, 7) is 0.760. The maximum atomic E-state index is 11.9. The normalized spacial score (nSPS) is 19.6. The first-order chi connectivity index (χ1) is 8.65. The fourth-order valence-electron chi connectivity index (χ4n) is 1.97. The number of hydrogen-bond donors (Lipinski definition) is 1. The van der Waals surface area contributed by atoms with Crippen molar-refractivity contribution in [3.63, 3.8) is 0 Å². The first-order valence-corrected chi connectivity index (χ1v) is 7.19. The summed E-state index contributed by atoms with van der Waals surface area (Å²) in [6.07, 6.45) is 3.62. The predicted molar refractivity (Wildman–Crippen MR) is 76.0 cm³/mol. The number of nitrogens with one attached hydrogen (secondary N) is 1. The summed E-state index contributed by atoms with van der Waals surface area (Å²) in [6, 6.07) is 5.38. The van der Waals surface area contributed by atoms with Crippen molar-refractivity contribution in [1.29, 1.82) is 0 Å². The Balaban J connectivity index is 1.92. The highest BCUT2D eigenvalue weighted by Crippen LogP contribution is 2.26. The van der Waals surface area contributed by atoms with Crippen LogP contribution in [0, 0.1) is 0 Å². The molecule has 0 aliphatic carbocycles. The van der Waals surface area contributed by atoms with Crippen molar-refractivity contribution in [2.45, 2.75) is 31.8 Å².